The third-order valence-corrected chi connectivity index (χ3v) is 8.82. The van der Waals surface area contributed by atoms with Crippen molar-refractivity contribution in [3.05, 3.63) is 30.1 Å². The Bertz CT molecular complexity index is 774. The molecule has 1 saturated heterocycles. The molecule has 1 aliphatic heterocycles. The first-order valence-electron chi connectivity index (χ1n) is 11.5. The first-order chi connectivity index (χ1) is 13.6. The van der Waals surface area contributed by atoms with E-state index in [0.29, 0.717) is 11.5 Å². The van der Waals surface area contributed by atoms with Gasteiger partial charge in [-0.25, -0.2) is 0 Å². The molecule has 1 aromatic rings. The normalized spacial score (nSPS) is 41.8. The van der Waals surface area contributed by atoms with E-state index in [-0.39, 0.29) is 5.41 Å². The van der Waals surface area contributed by atoms with E-state index in [1.54, 1.807) is 0 Å². The predicted octanol–water partition coefficient (Wildman–Crippen LogP) is 5.90. The first-order valence-corrected chi connectivity index (χ1v) is 11.5. The van der Waals surface area contributed by atoms with Crippen molar-refractivity contribution < 1.29 is 9.47 Å². The lowest BCUT2D eigenvalue weighted by Crippen LogP contribution is -2.51. The van der Waals surface area contributed by atoms with Crippen LogP contribution in [0.25, 0.3) is 5.57 Å². The molecule has 3 aliphatic carbocycles. The van der Waals surface area contributed by atoms with Crippen LogP contribution in [0.5, 0.6) is 5.75 Å². The maximum atomic E-state index is 6.15. The molecule has 0 amide bonds. The van der Waals surface area contributed by atoms with Gasteiger partial charge >= 0.3 is 0 Å². The predicted molar refractivity (Wildman–Crippen MR) is 112 cm³/mol. The molecule has 28 heavy (non-hydrogen) atoms. The molecule has 0 spiro atoms. The van der Waals surface area contributed by atoms with E-state index in [1.165, 1.54) is 49.7 Å². The highest BCUT2D eigenvalue weighted by molar-refractivity contribution is 5.73. The summed E-state index contributed by atoms with van der Waals surface area (Å²) in [4.78, 5) is 4.50. The summed E-state index contributed by atoms with van der Waals surface area (Å²) in [6.07, 6.45) is 15.7. The zero-order valence-corrected chi connectivity index (χ0v) is 17.7. The molecule has 3 nitrogen and oxygen atoms in total. The molecule has 2 saturated carbocycles. The second-order valence-electron chi connectivity index (χ2n) is 10.1. The summed E-state index contributed by atoms with van der Waals surface area (Å²) in [7, 11) is 0. The molecule has 2 heterocycles. The molecule has 1 unspecified atom stereocenters. The van der Waals surface area contributed by atoms with Gasteiger partial charge in [-0.2, -0.15) is 0 Å². The Labute approximate surface area is 169 Å². The summed E-state index contributed by atoms with van der Waals surface area (Å²) in [6.45, 7) is 8.95. The minimum absolute atomic E-state index is 0.287. The highest BCUT2D eigenvalue weighted by Gasteiger charge is 2.59. The van der Waals surface area contributed by atoms with Gasteiger partial charge in [-0.1, -0.05) is 26.8 Å². The van der Waals surface area contributed by atoms with Crippen LogP contribution in [0.1, 0.15) is 71.3 Å². The van der Waals surface area contributed by atoms with E-state index in [2.05, 4.69) is 37.9 Å². The quantitative estimate of drug-likeness (QED) is 0.651. The van der Waals surface area contributed by atoms with Crippen LogP contribution in [0, 0.1) is 28.6 Å². The topological polar surface area (TPSA) is 31.4 Å². The van der Waals surface area contributed by atoms with Crippen LogP contribution in [-0.2, 0) is 4.74 Å². The van der Waals surface area contributed by atoms with Crippen LogP contribution in [0.2, 0.25) is 0 Å². The second kappa shape index (κ2) is 6.86. The summed E-state index contributed by atoms with van der Waals surface area (Å²) in [5, 5.41) is 0. The van der Waals surface area contributed by atoms with Gasteiger partial charge < -0.3 is 9.47 Å². The van der Waals surface area contributed by atoms with Gasteiger partial charge in [0.2, 0.25) is 0 Å². The van der Waals surface area contributed by atoms with Gasteiger partial charge in [0.1, 0.15) is 5.75 Å². The molecule has 152 valence electrons. The van der Waals surface area contributed by atoms with Crippen LogP contribution < -0.4 is 4.74 Å². The summed E-state index contributed by atoms with van der Waals surface area (Å²) < 4.78 is 12.0. The maximum Gasteiger partial charge on any atom is 0.138 e. The average Bonchev–Trinajstić information content (AvgIpc) is 3.26. The fourth-order valence-corrected chi connectivity index (χ4v) is 7.34. The smallest absolute Gasteiger partial charge is 0.138 e. The number of nitrogens with zero attached hydrogens (tertiary/aromatic N) is 1. The van der Waals surface area contributed by atoms with Crippen LogP contribution in [0.3, 0.4) is 0 Å². The first kappa shape index (κ1) is 18.7. The third-order valence-electron chi connectivity index (χ3n) is 8.82. The molecule has 0 N–H and O–H groups in total. The van der Waals surface area contributed by atoms with Gasteiger partial charge in [0.25, 0.3) is 0 Å². The van der Waals surface area contributed by atoms with Crippen LogP contribution in [-0.4, -0.2) is 24.3 Å². The fourth-order valence-electron chi connectivity index (χ4n) is 7.34. The summed E-state index contributed by atoms with van der Waals surface area (Å²) >= 11 is 0. The highest BCUT2D eigenvalue weighted by Crippen LogP contribution is 2.66. The summed E-state index contributed by atoms with van der Waals surface area (Å²) in [6, 6.07) is 2.22. The molecular formula is C25H35NO2. The van der Waals surface area contributed by atoms with E-state index in [0.717, 1.165) is 43.1 Å². The Morgan fingerprint density at radius 2 is 2.04 bits per heavy atom. The minimum atomic E-state index is 0.287. The van der Waals surface area contributed by atoms with E-state index in [1.807, 2.05) is 12.4 Å². The van der Waals surface area contributed by atoms with E-state index in [4.69, 9.17) is 9.47 Å². The SMILES string of the molecule is CCCOc1cncc(C2=CC[C@H]3[C@@H]4CCC5OCC[C@]5(C)[C@H]4CC[C@]23C)c1. The van der Waals surface area contributed by atoms with Gasteiger partial charge in [0.05, 0.1) is 18.9 Å². The molecule has 1 aromatic heterocycles. The number of rotatable bonds is 4. The third kappa shape index (κ3) is 2.69. The Balaban J connectivity index is 1.41. The average molecular weight is 382 g/mol. The van der Waals surface area contributed by atoms with Crippen molar-refractivity contribution in [3.8, 4) is 5.75 Å². The van der Waals surface area contributed by atoms with Crippen molar-refractivity contribution in [2.75, 3.05) is 13.2 Å². The van der Waals surface area contributed by atoms with Gasteiger partial charge in [-0.3, -0.25) is 4.98 Å². The summed E-state index contributed by atoms with van der Waals surface area (Å²) in [5.41, 5.74) is 3.51. The van der Waals surface area contributed by atoms with Crippen molar-refractivity contribution in [1.29, 1.82) is 0 Å². The number of fused-ring (bicyclic) bond motifs is 5. The summed E-state index contributed by atoms with van der Waals surface area (Å²) in [5.74, 6) is 3.39. The van der Waals surface area contributed by atoms with E-state index in [9.17, 15) is 0 Å². The number of hydrogen-bond donors (Lipinski definition) is 0. The maximum absolute atomic E-state index is 6.15. The second-order valence-corrected chi connectivity index (χ2v) is 10.1. The lowest BCUT2D eigenvalue weighted by atomic mass is 9.48. The van der Waals surface area contributed by atoms with Crippen LogP contribution >= 0.6 is 0 Å². The molecular weight excluding hydrogens is 346 g/mol. The molecule has 5 rings (SSSR count). The fraction of sp³-hybridized carbons (Fsp3) is 0.720. The van der Waals surface area contributed by atoms with E-state index >= 15 is 0 Å². The van der Waals surface area contributed by atoms with Crippen LogP contribution in [0.15, 0.2) is 24.5 Å². The Kier molecular flexibility index (Phi) is 4.58. The Hall–Kier alpha value is -1.35. The number of allylic oxidation sites excluding steroid dienone is 2. The van der Waals surface area contributed by atoms with E-state index < -0.39 is 0 Å². The molecule has 0 radical (unpaired) electrons. The van der Waals surface area contributed by atoms with Crippen molar-refractivity contribution in [3.63, 3.8) is 0 Å². The minimum Gasteiger partial charge on any atom is -0.492 e. The molecule has 4 aliphatic rings. The Morgan fingerprint density at radius 3 is 2.89 bits per heavy atom. The highest BCUT2D eigenvalue weighted by atomic mass is 16.5. The molecule has 0 bridgehead atoms. The number of hydrogen-bond acceptors (Lipinski definition) is 3. The van der Waals surface area contributed by atoms with Gasteiger partial charge in [-0.05, 0) is 90.7 Å². The van der Waals surface area contributed by atoms with Gasteiger partial charge in [-0.15, -0.1) is 0 Å². The van der Waals surface area contributed by atoms with Crippen molar-refractivity contribution in [1.82, 2.24) is 4.98 Å². The zero-order valence-electron chi connectivity index (χ0n) is 17.7. The van der Waals surface area contributed by atoms with Crippen molar-refractivity contribution >= 4 is 5.57 Å². The number of ether oxygens (including phenoxy) is 2. The lowest BCUT2D eigenvalue weighted by Gasteiger charge is -2.56. The number of aromatic nitrogens is 1. The Morgan fingerprint density at radius 1 is 1.14 bits per heavy atom. The van der Waals surface area contributed by atoms with Crippen LogP contribution in [0.4, 0.5) is 0 Å². The largest absolute Gasteiger partial charge is 0.492 e. The zero-order chi connectivity index (χ0) is 19.4. The lowest BCUT2D eigenvalue weighted by molar-refractivity contribution is -0.0889. The molecule has 3 heteroatoms. The molecule has 3 fully saturated rings. The number of pyridine rings is 1. The standard InChI is InChI=1S/C25H35NO2/c1-4-12-27-18-14-17(15-26-16-18)20-6-7-21-19-5-8-23-25(3,11-13-28-23)22(19)9-10-24(20,21)2/h6,14-16,19,21-23H,4-5,7-13H2,1-3H3/t19-,21-,22-,23?,24+,25+/m0/s1. The molecule has 0 aromatic carbocycles. The van der Waals surface area contributed by atoms with Crippen molar-refractivity contribution in [2.45, 2.75) is 71.8 Å². The molecule has 6 atom stereocenters. The van der Waals surface area contributed by atoms with Gasteiger partial charge in [0.15, 0.2) is 0 Å². The monoisotopic (exact) mass is 381 g/mol. The van der Waals surface area contributed by atoms with Crippen molar-refractivity contribution in [2.24, 2.45) is 28.6 Å². The van der Waals surface area contributed by atoms with Gasteiger partial charge in [0, 0.05) is 12.8 Å².